The maximum atomic E-state index is 11.6. The van der Waals surface area contributed by atoms with E-state index in [1.54, 1.807) is 12.1 Å². The van der Waals surface area contributed by atoms with Crippen LogP contribution in [0.4, 0.5) is 0 Å². The second-order valence-corrected chi connectivity index (χ2v) is 3.35. The molecule has 0 saturated heterocycles. The number of aliphatic hydroxyl groups excluding tert-OH is 1. The van der Waals surface area contributed by atoms with Gasteiger partial charge in [0.1, 0.15) is 0 Å². The van der Waals surface area contributed by atoms with Crippen molar-refractivity contribution >= 4 is 5.78 Å². The van der Waals surface area contributed by atoms with E-state index in [0.717, 1.165) is 13.1 Å². The van der Waals surface area contributed by atoms with Gasteiger partial charge in [0.05, 0.1) is 12.8 Å². The zero-order chi connectivity index (χ0) is 11.1. The molecule has 0 aromatic carbocycles. The lowest BCUT2D eigenvalue weighted by Crippen LogP contribution is -2.31. The fourth-order valence-electron chi connectivity index (χ4n) is 1.36. The molecule has 0 fully saturated rings. The van der Waals surface area contributed by atoms with Gasteiger partial charge in [-0.3, -0.25) is 9.69 Å². The molecule has 1 heterocycles. The van der Waals surface area contributed by atoms with Crippen molar-refractivity contribution in [3.05, 3.63) is 24.2 Å². The fourth-order valence-corrected chi connectivity index (χ4v) is 1.36. The number of carbonyl (C=O) groups excluding carboxylic acids is 1. The van der Waals surface area contributed by atoms with Crippen LogP contribution in [0, 0.1) is 0 Å². The molecule has 0 saturated carbocycles. The molecule has 0 amide bonds. The molecule has 0 bridgehead atoms. The van der Waals surface area contributed by atoms with Gasteiger partial charge in [-0.25, -0.2) is 0 Å². The molecular weight excluding hydrogens is 194 g/mol. The molecule has 1 N–H and O–H groups in total. The highest BCUT2D eigenvalue weighted by Crippen LogP contribution is 2.03. The Morgan fingerprint density at radius 1 is 1.60 bits per heavy atom. The van der Waals surface area contributed by atoms with Crippen molar-refractivity contribution in [1.82, 2.24) is 4.90 Å². The summed E-state index contributed by atoms with van der Waals surface area (Å²) < 4.78 is 5.02. The Labute approximate surface area is 89.5 Å². The molecule has 0 aliphatic heterocycles. The van der Waals surface area contributed by atoms with Crippen molar-refractivity contribution in [2.45, 2.75) is 13.3 Å². The minimum atomic E-state index is -0.0141. The lowest BCUT2D eigenvalue weighted by atomic mass is 10.2. The lowest BCUT2D eigenvalue weighted by Gasteiger charge is -2.17. The number of likely N-dealkylation sites (N-methyl/N-ethyl adjacent to an activating group) is 1. The van der Waals surface area contributed by atoms with Gasteiger partial charge in [-0.2, -0.15) is 0 Å². The quantitative estimate of drug-likeness (QED) is 0.688. The summed E-state index contributed by atoms with van der Waals surface area (Å²) in [4.78, 5) is 13.6. The zero-order valence-electron chi connectivity index (χ0n) is 8.98. The maximum Gasteiger partial charge on any atom is 0.211 e. The first-order valence-electron chi connectivity index (χ1n) is 5.17. The number of ketones is 1. The van der Waals surface area contributed by atoms with E-state index in [-0.39, 0.29) is 12.4 Å². The van der Waals surface area contributed by atoms with Gasteiger partial charge in [0.2, 0.25) is 5.78 Å². The van der Waals surface area contributed by atoms with Crippen LogP contribution < -0.4 is 0 Å². The number of aliphatic hydroxyl groups is 1. The number of Topliss-reactive ketones (excluding diaryl/α,β-unsaturated/α-hetero) is 1. The average Bonchev–Trinajstić information content (AvgIpc) is 2.77. The first-order chi connectivity index (χ1) is 7.27. The molecule has 15 heavy (non-hydrogen) atoms. The van der Waals surface area contributed by atoms with Crippen LogP contribution in [0.15, 0.2) is 22.8 Å². The molecule has 84 valence electrons. The van der Waals surface area contributed by atoms with E-state index in [1.807, 2.05) is 11.8 Å². The van der Waals surface area contributed by atoms with E-state index in [9.17, 15) is 4.79 Å². The Balaban J connectivity index is 2.41. The lowest BCUT2D eigenvalue weighted by molar-refractivity contribution is 0.0901. The highest BCUT2D eigenvalue weighted by molar-refractivity contribution is 5.94. The summed E-state index contributed by atoms with van der Waals surface area (Å²) in [7, 11) is 0. The molecule has 4 heteroatoms. The Hall–Kier alpha value is -1.13. The molecule has 0 atom stereocenters. The number of hydrogen-bond acceptors (Lipinski definition) is 4. The monoisotopic (exact) mass is 211 g/mol. The van der Waals surface area contributed by atoms with Crippen molar-refractivity contribution in [2.24, 2.45) is 0 Å². The zero-order valence-corrected chi connectivity index (χ0v) is 8.98. The third-order valence-electron chi connectivity index (χ3n) is 2.24. The molecule has 0 aliphatic rings. The topological polar surface area (TPSA) is 53.7 Å². The largest absolute Gasteiger partial charge is 0.461 e. The highest BCUT2D eigenvalue weighted by atomic mass is 16.3. The molecular formula is C11H17NO3. The minimum Gasteiger partial charge on any atom is -0.461 e. The van der Waals surface area contributed by atoms with E-state index in [4.69, 9.17) is 9.52 Å². The minimum absolute atomic E-state index is 0.0141. The Morgan fingerprint density at radius 3 is 2.93 bits per heavy atom. The van der Waals surface area contributed by atoms with Crippen LogP contribution in [0.5, 0.6) is 0 Å². The molecule has 0 aliphatic carbocycles. The first kappa shape index (κ1) is 11.9. The standard InChI is InChI=1S/C11H17NO3/c1-2-12(6-4-7-13)9-10(14)11-5-3-8-15-11/h3,5,8,13H,2,4,6-7,9H2,1H3. The predicted molar refractivity (Wildman–Crippen MR) is 56.9 cm³/mol. The summed E-state index contributed by atoms with van der Waals surface area (Å²) in [6.45, 7) is 4.04. The van der Waals surface area contributed by atoms with Gasteiger partial charge < -0.3 is 9.52 Å². The van der Waals surface area contributed by atoms with Crippen LogP contribution in [0.2, 0.25) is 0 Å². The van der Waals surface area contributed by atoms with E-state index in [2.05, 4.69) is 0 Å². The van der Waals surface area contributed by atoms with Gasteiger partial charge >= 0.3 is 0 Å². The fraction of sp³-hybridized carbons (Fsp3) is 0.545. The van der Waals surface area contributed by atoms with Crippen LogP contribution >= 0.6 is 0 Å². The third kappa shape index (κ3) is 3.85. The van der Waals surface area contributed by atoms with E-state index < -0.39 is 0 Å². The number of furan rings is 1. The van der Waals surface area contributed by atoms with E-state index in [1.165, 1.54) is 6.26 Å². The van der Waals surface area contributed by atoms with Crippen molar-refractivity contribution in [1.29, 1.82) is 0 Å². The van der Waals surface area contributed by atoms with Crippen LogP contribution in [0.1, 0.15) is 23.9 Å². The van der Waals surface area contributed by atoms with Crippen molar-refractivity contribution in [3.8, 4) is 0 Å². The average molecular weight is 211 g/mol. The first-order valence-corrected chi connectivity index (χ1v) is 5.17. The van der Waals surface area contributed by atoms with E-state index in [0.29, 0.717) is 18.7 Å². The Bertz CT molecular complexity index is 282. The number of nitrogens with zero attached hydrogens (tertiary/aromatic N) is 1. The van der Waals surface area contributed by atoms with Gasteiger partial charge in [-0.1, -0.05) is 6.92 Å². The van der Waals surface area contributed by atoms with Crippen LogP contribution in [-0.4, -0.2) is 42.0 Å². The molecule has 0 unspecified atom stereocenters. The number of carbonyl (C=O) groups is 1. The highest BCUT2D eigenvalue weighted by Gasteiger charge is 2.12. The van der Waals surface area contributed by atoms with Gasteiger partial charge in [0, 0.05) is 13.2 Å². The molecule has 0 radical (unpaired) electrons. The Kier molecular flexibility index (Phi) is 5.07. The molecule has 0 spiro atoms. The molecule has 1 aromatic rings. The summed E-state index contributed by atoms with van der Waals surface area (Å²) in [5.41, 5.74) is 0. The normalized spacial score (nSPS) is 10.9. The number of rotatable bonds is 7. The van der Waals surface area contributed by atoms with Crippen molar-refractivity contribution in [3.63, 3.8) is 0 Å². The summed E-state index contributed by atoms with van der Waals surface area (Å²) >= 11 is 0. The van der Waals surface area contributed by atoms with Gasteiger partial charge in [0.25, 0.3) is 0 Å². The molecule has 4 nitrogen and oxygen atoms in total. The summed E-state index contributed by atoms with van der Waals surface area (Å²) in [6, 6.07) is 3.37. The molecule has 1 aromatic heterocycles. The van der Waals surface area contributed by atoms with Gasteiger partial charge in [-0.05, 0) is 25.1 Å². The number of hydrogen-bond donors (Lipinski definition) is 1. The predicted octanol–water partition coefficient (Wildman–Crippen LogP) is 1.17. The van der Waals surface area contributed by atoms with Crippen LogP contribution in [-0.2, 0) is 0 Å². The van der Waals surface area contributed by atoms with Crippen molar-refractivity contribution < 1.29 is 14.3 Å². The van der Waals surface area contributed by atoms with Crippen molar-refractivity contribution in [2.75, 3.05) is 26.2 Å². The summed E-state index contributed by atoms with van der Waals surface area (Å²) in [5, 5.41) is 8.70. The summed E-state index contributed by atoms with van der Waals surface area (Å²) in [5.74, 6) is 0.386. The third-order valence-corrected chi connectivity index (χ3v) is 2.24. The Morgan fingerprint density at radius 2 is 2.40 bits per heavy atom. The van der Waals surface area contributed by atoms with Gasteiger partial charge in [0.15, 0.2) is 5.76 Å². The van der Waals surface area contributed by atoms with Crippen LogP contribution in [0.25, 0.3) is 0 Å². The van der Waals surface area contributed by atoms with Gasteiger partial charge in [-0.15, -0.1) is 0 Å². The maximum absolute atomic E-state index is 11.6. The van der Waals surface area contributed by atoms with E-state index >= 15 is 0 Å². The molecule has 1 rings (SSSR count). The van der Waals surface area contributed by atoms with Crippen LogP contribution in [0.3, 0.4) is 0 Å². The summed E-state index contributed by atoms with van der Waals surface area (Å²) in [6.07, 6.45) is 2.19. The second-order valence-electron chi connectivity index (χ2n) is 3.35. The smallest absolute Gasteiger partial charge is 0.211 e. The second kappa shape index (κ2) is 6.37. The SMILES string of the molecule is CCN(CCCO)CC(=O)c1ccco1.